The lowest BCUT2D eigenvalue weighted by molar-refractivity contribution is 0.506. The second-order valence-electron chi connectivity index (χ2n) is 3.33. The van der Waals surface area contributed by atoms with Crippen LogP contribution in [0.2, 0.25) is 0 Å². The van der Waals surface area contributed by atoms with Crippen molar-refractivity contribution in [1.82, 2.24) is 20.6 Å². The van der Waals surface area contributed by atoms with Crippen molar-refractivity contribution in [3.8, 4) is 0 Å². The van der Waals surface area contributed by atoms with Gasteiger partial charge in [0.25, 0.3) is 0 Å². The molecule has 5 nitrogen and oxygen atoms in total. The van der Waals surface area contributed by atoms with Gasteiger partial charge in [0.1, 0.15) is 0 Å². The zero-order valence-electron chi connectivity index (χ0n) is 8.60. The highest BCUT2D eigenvalue weighted by molar-refractivity contribution is 5.85. The van der Waals surface area contributed by atoms with Crippen LogP contribution in [0.4, 0.5) is 8.78 Å². The molecule has 1 aromatic carbocycles. The Morgan fingerprint density at radius 1 is 1.29 bits per heavy atom. The fraction of sp³-hybridized carbons (Fsp3) is 0.222. The van der Waals surface area contributed by atoms with Gasteiger partial charge in [-0.1, -0.05) is 11.3 Å². The molecule has 17 heavy (non-hydrogen) atoms. The second kappa shape index (κ2) is 5.65. The minimum Gasteiger partial charge on any atom is -0.321 e. The fourth-order valence-electron chi connectivity index (χ4n) is 1.34. The summed E-state index contributed by atoms with van der Waals surface area (Å²) in [6, 6.07) is 3.14. The summed E-state index contributed by atoms with van der Waals surface area (Å²) in [4.78, 5) is 0. The van der Waals surface area contributed by atoms with E-state index < -0.39 is 17.7 Å². The van der Waals surface area contributed by atoms with E-state index in [9.17, 15) is 8.78 Å². The molecule has 1 aromatic heterocycles. The average molecular weight is 262 g/mol. The predicted molar refractivity (Wildman–Crippen MR) is 58.4 cm³/mol. The first-order valence-electron chi connectivity index (χ1n) is 4.59. The monoisotopic (exact) mass is 261 g/mol. The smallest absolute Gasteiger partial charge is 0.191 e. The van der Waals surface area contributed by atoms with Gasteiger partial charge in [-0.15, -0.1) is 22.6 Å². The number of aromatic nitrogens is 4. The number of nitrogens with zero attached hydrogens (tertiary/aromatic N) is 3. The molecule has 0 aliphatic heterocycles. The molecule has 92 valence electrons. The van der Waals surface area contributed by atoms with Gasteiger partial charge >= 0.3 is 0 Å². The van der Waals surface area contributed by atoms with Gasteiger partial charge in [0.05, 0.1) is 6.04 Å². The van der Waals surface area contributed by atoms with Crippen LogP contribution in [0, 0.1) is 11.6 Å². The number of hydrogen-bond donors (Lipinski definition) is 2. The van der Waals surface area contributed by atoms with Gasteiger partial charge < -0.3 is 5.73 Å². The topological polar surface area (TPSA) is 80.5 Å². The van der Waals surface area contributed by atoms with Crippen molar-refractivity contribution in [3.05, 3.63) is 41.2 Å². The Hall–Kier alpha value is -1.60. The third-order valence-corrected chi connectivity index (χ3v) is 2.13. The third kappa shape index (κ3) is 3.18. The summed E-state index contributed by atoms with van der Waals surface area (Å²) in [7, 11) is 0. The molecule has 0 spiro atoms. The first kappa shape index (κ1) is 13.5. The molecular formula is C9H10ClF2N5. The molecule has 0 aliphatic rings. The van der Waals surface area contributed by atoms with E-state index in [0.717, 1.165) is 12.1 Å². The lowest BCUT2D eigenvalue weighted by atomic mass is 10.1. The molecule has 0 radical (unpaired) electrons. The largest absolute Gasteiger partial charge is 0.321 e. The number of halogens is 3. The maximum Gasteiger partial charge on any atom is 0.191 e. The molecule has 0 saturated heterocycles. The average Bonchev–Trinajstić information content (AvgIpc) is 2.77. The molecule has 2 rings (SSSR count). The Morgan fingerprint density at radius 3 is 2.65 bits per heavy atom. The molecule has 8 heteroatoms. The van der Waals surface area contributed by atoms with Crippen LogP contribution in [0.3, 0.4) is 0 Å². The molecule has 0 amide bonds. The van der Waals surface area contributed by atoms with Crippen molar-refractivity contribution >= 4 is 12.4 Å². The summed E-state index contributed by atoms with van der Waals surface area (Å²) >= 11 is 0. The maximum atomic E-state index is 12.9. The Kier molecular flexibility index (Phi) is 4.47. The summed E-state index contributed by atoms with van der Waals surface area (Å²) in [5.41, 5.74) is 6.34. The molecule has 3 N–H and O–H groups in total. The van der Waals surface area contributed by atoms with Gasteiger partial charge in [0, 0.05) is 0 Å². The number of nitrogens with two attached hydrogens (primary N) is 1. The first-order chi connectivity index (χ1) is 7.66. The summed E-state index contributed by atoms with van der Waals surface area (Å²) < 4.78 is 25.6. The Bertz CT molecular complexity index is 476. The van der Waals surface area contributed by atoms with E-state index >= 15 is 0 Å². The van der Waals surface area contributed by atoms with Crippen LogP contribution in [0.1, 0.15) is 17.4 Å². The van der Waals surface area contributed by atoms with Crippen molar-refractivity contribution in [1.29, 1.82) is 0 Å². The lowest BCUT2D eigenvalue weighted by Gasteiger charge is -2.07. The van der Waals surface area contributed by atoms with Crippen LogP contribution < -0.4 is 5.73 Å². The highest BCUT2D eigenvalue weighted by atomic mass is 35.5. The van der Waals surface area contributed by atoms with Crippen molar-refractivity contribution < 1.29 is 8.78 Å². The van der Waals surface area contributed by atoms with Gasteiger partial charge in [-0.25, -0.2) is 8.78 Å². The van der Waals surface area contributed by atoms with Crippen LogP contribution in [-0.2, 0) is 6.42 Å². The highest BCUT2D eigenvalue weighted by Gasteiger charge is 2.12. The first-order valence-corrected chi connectivity index (χ1v) is 4.59. The number of hydrogen-bond acceptors (Lipinski definition) is 4. The Labute approximate surface area is 102 Å². The van der Waals surface area contributed by atoms with E-state index in [4.69, 9.17) is 5.73 Å². The van der Waals surface area contributed by atoms with Crippen LogP contribution in [-0.4, -0.2) is 20.6 Å². The van der Waals surface area contributed by atoms with Crippen molar-refractivity contribution in [2.45, 2.75) is 12.5 Å². The van der Waals surface area contributed by atoms with E-state index in [1.807, 2.05) is 0 Å². The molecule has 0 bridgehead atoms. The number of aromatic amines is 1. The molecule has 2 aromatic rings. The lowest BCUT2D eigenvalue weighted by Crippen LogP contribution is -2.15. The number of rotatable bonds is 3. The standard InChI is InChI=1S/C9H9F2N5.ClH/c10-6-2-1-5(3-7(6)11)4-8(12)9-13-15-16-14-9;/h1-3,8H,4,12H2,(H,13,14,15,16);1H/t8-;/m1./s1. The summed E-state index contributed by atoms with van der Waals surface area (Å²) in [6.45, 7) is 0. The third-order valence-electron chi connectivity index (χ3n) is 2.13. The van der Waals surface area contributed by atoms with Crippen LogP contribution >= 0.6 is 12.4 Å². The van der Waals surface area contributed by atoms with Crippen molar-refractivity contribution in [3.63, 3.8) is 0 Å². The van der Waals surface area contributed by atoms with Gasteiger partial charge in [-0.05, 0) is 24.1 Å². The molecule has 0 saturated carbocycles. The maximum absolute atomic E-state index is 12.9. The number of nitrogens with one attached hydrogen (secondary N) is 1. The number of H-pyrrole nitrogens is 1. The second-order valence-corrected chi connectivity index (χ2v) is 3.33. The summed E-state index contributed by atoms with van der Waals surface area (Å²) in [5, 5.41) is 13.1. The summed E-state index contributed by atoms with van der Waals surface area (Å²) in [6.07, 6.45) is 0.316. The van der Waals surface area contributed by atoms with Gasteiger partial charge in [-0.2, -0.15) is 5.21 Å². The SMILES string of the molecule is Cl.N[C@H](Cc1ccc(F)c(F)c1)c1nn[nH]n1. The van der Waals surface area contributed by atoms with Crippen molar-refractivity contribution in [2.24, 2.45) is 5.73 Å². The van der Waals surface area contributed by atoms with E-state index in [-0.39, 0.29) is 12.4 Å². The van der Waals surface area contributed by atoms with Gasteiger partial charge in [0.2, 0.25) is 0 Å². The minimum absolute atomic E-state index is 0. The van der Waals surface area contributed by atoms with Gasteiger partial charge in [-0.3, -0.25) is 0 Å². The number of tetrazole rings is 1. The molecule has 0 unspecified atom stereocenters. The predicted octanol–water partition coefficient (Wildman–Crippen LogP) is 1.14. The molecule has 1 heterocycles. The van der Waals surface area contributed by atoms with E-state index in [2.05, 4.69) is 20.6 Å². The molecule has 0 aliphatic carbocycles. The minimum atomic E-state index is -0.891. The highest BCUT2D eigenvalue weighted by Crippen LogP contribution is 2.14. The summed E-state index contributed by atoms with van der Waals surface area (Å²) in [5.74, 6) is -1.43. The molecular weight excluding hydrogens is 252 g/mol. The van der Waals surface area contributed by atoms with Crippen molar-refractivity contribution in [2.75, 3.05) is 0 Å². The van der Waals surface area contributed by atoms with Crippen LogP contribution in [0.25, 0.3) is 0 Å². The van der Waals surface area contributed by atoms with Crippen LogP contribution in [0.5, 0.6) is 0 Å². The number of benzene rings is 1. The quantitative estimate of drug-likeness (QED) is 0.868. The normalized spacial score (nSPS) is 11.9. The Morgan fingerprint density at radius 2 is 2.06 bits per heavy atom. The zero-order chi connectivity index (χ0) is 11.5. The van der Waals surface area contributed by atoms with Gasteiger partial charge in [0.15, 0.2) is 17.5 Å². The molecule has 1 atom stereocenters. The van der Waals surface area contributed by atoms with E-state index in [1.165, 1.54) is 6.07 Å². The zero-order valence-corrected chi connectivity index (χ0v) is 9.42. The van der Waals surface area contributed by atoms with E-state index in [1.54, 1.807) is 0 Å². The fourth-order valence-corrected chi connectivity index (χ4v) is 1.34. The van der Waals surface area contributed by atoms with Crippen LogP contribution in [0.15, 0.2) is 18.2 Å². The molecule has 0 fully saturated rings. The van der Waals surface area contributed by atoms with E-state index in [0.29, 0.717) is 17.8 Å². The Balaban J connectivity index is 0.00000144.